The third kappa shape index (κ3) is 4.03. The Balaban J connectivity index is 1.92. The van der Waals surface area contributed by atoms with Gasteiger partial charge in [0.15, 0.2) is 0 Å². The van der Waals surface area contributed by atoms with Gasteiger partial charge in [0.1, 0.15) is 0 Å². The average Bonchev–Trinajstić information content (AvgIpc) is 2.99. The first-order chi connectivity index (χ1) is 10.1. The predicted octanol–water partition coefficient (Wildman–Crippen LogP) is 2.77. The number of aromatic nitrogens is 1. The van der Waals surface area contributed by atoms with Crippen molar-refractivity contribution in [1.29, 1.82) is 0 Å². The molecule has 1 heterocycles. The van der Waals surface area contributed by atoms with Crippen molar-refractivity contribution in [3.63, 3.8) is 0 Å². The first kappa shape index (κ1) is 15.0. The summed E-state index contributed by atoms with van der Waals surface area (Å²) in [6.45, 7) is 2.39. The summed E-state index contributed by atoms with van der Waals surface area (Å²) in [7, 11) is 0. The molecule has 1 aromatic carbocycles. The lowest BCUT2D eigenvalue weighted by Crippen LogP contribution is -2.32. The lowest BCUT2D eigenvalue weighted by Gasteiger charge is -2.12. The second kappa shape index (κ2) is 6.85. The highest BCUT2D eigenvalue weighted by Crippen LogP contribution is 2.17. The number of hydrogen-bond acceptors (Lipinski definition) is 4. The Bertz CT molecular complexity index is 628. The third-order valence-corrected chi connectivity index (χ3v) is 3.85. The Morgan fingerprint density at radius 1 is 1.38 bits per heavy atom. The maximum Gasteiger partial charge on any atom is 0.337 e. The summed E-state index contributed by atoms with van der Waals surface area (Å²) in [5, 5.41) is 17.1. The smallest absolute Gasteiger partial charge is 0.337 e. The average molecular weight is 305 g/mol. The van der Waals surface area contributed by atoms with Gasteiger partial charge in [-0.25, -0.2) is 14.6 Å². The molecule has 2 rings (SSSR count). The molecule has 1 unspecified atom stereocenters. The summed E-state index contributed by atoms with van der Waals surface area (Å²) in [6, 6.07) is 5.83. The Morgan fingerprint density at radius 2 is 2.14 bits per heavy atom. The van der Waals surface area contributed by atoms with Gasteiger partial charge in [0.05, 0.1) is 16.3 Å². The highest BCUT2D eigenvalue weighted by atomic mass is 32.1. The summed E-state index contributed by atoms with van der Waals surface area (Å²) < 4.78 is 0. The highest BCUT2D eigenvalue weighted by Gasteiger charge is 2.13. The summed E-state index contributed by atoms with van der Waals surface area (Å²) in [5.74, 6) is -0.979. The lowest BCUT2D eigenvalue weighted by atomic mass is 10.2. The summed E-state index contributed by atoms with van der Waals surface area (Å²) in [4.78, 5) is 27.1. The summed E-state index contributed by atoms with van der Waals surface area (Å²) >= 11 is 1.53. The van der Waals surface area contributed by atoms with Crippen LogP contribution in [0.4, 0.5) is 10.5 Å². The van der Waals surface area contributed by atoms with Gasteiger partial charge in [-0.05, 0) is 12.1 Å². The first-order valence-corrected chi connectivity index (χ1v) is 7.22. The van der Waals surface area contributed by atoms with Gasteiger partial charge in [-0.3, -0.25) is 0 Å². The van der Waals surface area contributed by atoms with Crippen LogP contribution in [0.3, 0.4) is 0 Å². The number of carboxylic acids is 1. The van der Waals surface area contributed by atoms with Crippen LogP contribution in [0.5, 0.6) is 0 Å². The minimum Gasteiger partial charge on any atom is -0.478 e. The number of rotatable bonds is 5. The molecule has 0 aliphatic carbocycles. The molecule has 110 valence electrons. The number of hydrogen-bond donors (Lipinski definition) is 3. The molecule has 1 aromatic heterocycles. The van der Waals surface area contributed by atoms with E-state index in [-0.39, 0.29) is 17.2 Å². The first-order valence-electron chi connectivity index (χ1n) is 6.34. The van der Waals surface area contributed by atoms with Gasteiger partial charge in [-0.15, -0.1) is 11.3 Å². The zero-order valence-electron chi connectivity index (χ0n) is 11.4. The van der Waals surface area contributed by atoms with Gasteiger partial charge in [0, 0.05) is 24.0 Å². The number of anilines is 1. The Kier molecular flexibility index (Phi) is 4.89. The van der Waals surface area contributed by atoms with Crippen LogP contribution in [0, 0.1) is 0 Å². The van der Waals surface area contributed by atoms with Crippen molar-refractivity contribution < 1.29 is 14.7 Å². The van der Waals surface area contributed by atoms with Crippen LogP contribution in [0.2, 0.25) is 0 Å². The lowest BCUT2D eigenvalue weighted by molar-refractivity contribution is 0.0698. The van der Waals surface area contributed by atoms with Crippen LogP contribution >= 0.6 is 11.3 Å². The Morgan fingerprint density at radius 3 is 2.81 bits per heavy atom. The largest absolute Gasteiger partial charge is 0.478 e. The highest BCUT2D eigenvalue weighted by molar-refractivity contribution is 7.09. The third-order valence-electron chi connectivity index (χ3n) is 2.85. The quantitative estimate of drug-likeness (QED) is 0.792. The molecule has 1 atom stereocenters. The van der Waals surface area contributed by atoms with E-state index < -0.39 is 12.0 Å². The maximum absolute atomic E-state index is 11.8. The van der Waals surface area contributed by atoms with E-state index in [1.54, 1.807) is 24.4 Å². The van der Waals surface area contributed by atoms with Gasteiger partial charge >= 0.3 is 12.0 Å². The number of urea groups is 1. The zero-order chi connectivity index (χ0) is 15.2. The minimum atomic E-state index is -1.08. The van der Waals surface area contributed by atoms with Crippen LogP contribution in [0.15, 0.2) is 35.8 Å². The molecule has 2 amide bonds. The molecule has 0 spiro atoms. The Hall–Kier alpha value is -2.41. The molecule has 2 aromatic rings. The van der Waals surface area contributed by atoms with Gasteiger partial charge in [0.2, 0.25) is 0 Å². The molecule has 6 nitrogen and oxygen atoms in total. The van der Waals surface area contributed by atoms with Crippen molar-refractivity contribution >= 4 is 29.0 Å². The van der Waals surface area contributed by atoms with Crippen LogP contribution in [-0.4, -0.2) is 28.6 Å². The molecule has 0 aliphatic heterocycles. The van der Waals surface area contributed by atoms with Crippen LogP contribution in [-0.2, 0) is 0 Å². The molecule has 0 aliphatic rings. The SMILES string of the molecule is CC(CNC(=O)Nc1ccccc1C(=O)O)c1nccs1. The second-order valence-corrected chi connectivity index (χ2v) is 5.38. The van der Waals surface area contributed by atoms with E-state index >= 15 is 0 Å². The number of carbonyl (C=O) groups excluding carboxylic acids is 1. The standard InChI is InChI=1S/C14H15N3O3S/c1-9(12-15-6-7-21-12)8-16-14(20)17-11-5-3-2-4-10(11)13(18)19/h2-7,9H,8H2,1H3,(H,18,19)(H2,16,17,20). The fraction of sp³-hybridized carbons (Fsp3) is 0.214. The van der Waals surface area contributed by atoms with Crippen molar-refractivity contribution in [2.45, 2.75) is 12.8 Å². The van der Waals surface area contributed by atoms with Crippen LogP contribution in [0.25, 0.3) is 0 Å². The number of thiazole rings is 1. The fourth-order valence-electron chi connectivity index (χ4n) is 1.76. The molecule has 0 saturated heterocycles. The van der Waals surface area contributed by atoms with Crippen LogP contribution < -0.4 is 10.6 Å². The van der Waals surface area contributed by atoms with Crippen LogP contribution in [0.1, 0.15) is 28.2 Å². The molecular formula is C14H15N3O3S. The normalized spacial score (nSPS) is 11.7. The number of para-hydroxylation sites is 1. The topological polar surface area (TPSA) is 91.3 Å². The molecule has 0 bridgehead atoms. The number of nitrogens with one attached hydrogen (secondary N) is 2. The number of benzene rings is 1. The number of carbonyl (C=O) groups is 2. The van der Waals surface area contributed by atoms with Crippen molar-refractivity contribution in [2.24, 2.45) is 0 Å². The van der Waals surface area contributed by atoms with E-state index in [0.29, 0.717) is 6.54 Å². The number of aromatic carboxylic acids is 1. The minimum absolute atomic E-state index is 0.0561. The van der Waals surface area contributed by atoms with E-state index in [4.69, 9.17) is 5.11 Å². The monoisotopic (exact) mass is 305 g/mol. The molecule has 0 fully saturated rings. The molecule has 3 N–H and O–H groups in total. The van der Waals surface area contributed by atoms with Gasteiger partial charge in [0.25, 0.3) is 0 Å². The van der Waals surface area contributed by atoms with Crippen molar-refractivity contribution in [3.05, 3.63) is 46.4 Å². The zero-order valence-corrected chi connectivity index (χ0v) is 12.2. The predicted molar refractivity (Wildman–Crippen MR) is 81.0 cm³/mol. The molecular weight excluding hydrogens is 290 g/mol. The van der Waals surface area contributed by atoms with Crippen molar-refractivity contribution in [1.82, 2.24) is 10.3 Å². The van der Waals surface area contributed by atoms with Gasteiger partial charge < -0.3 is 15.7 Å². The number of nitrogens with zero attached hydrogens (tertiary/aromatic N) is 1. The second-order valence-electron chi connectivity index (χ2n) is 4.46. The molecule has 0 saturated carbocycles. The van der Waals surface area contributed by atoms with Gasteiger partial charge in [-0.1, -0.05) is 19.1 Å². The van der Waals surface area contributed by atoms with E-state index in [1.807, 2.05) is 12.3 Å². The molecule has 0 radical (unpaired) electrons. The van der Waals surface area contributed by atoms with Gasteiger partial charge in [-0.2, -0.15) is 0 Å². The molecule has 7 heteroatoms. The van der Waals surface area contributed by atoms with E-state index in [1.165, 1.54) is 17.4 Å². The van der Waals surface area contributed by atoms with Crippen molar-refractivity contribution in [2.75, 3.05) is 11.9 Å². The summed E-state index contributed by atoms with van der Waals surface area (Å²) in [6.07, 6.45) is 1.72. The number of carboxylic acid groups (broad SMARTS) is 1. The number of amides is 2. The maximum atomic E-state index is 11.8. The Labute approximate surface area is 125 Å². The summed E-state index contributed by atoms with van der Waals surface area (Å²) in [5.41, 5.74) is 0.324. The fourth-order valence-corrected chi connectivity index (χ4v) is 2.45. The van der Waals surface area contributed by atoms with E-state index in [2.05, 4.69) is 15.6 Å². The van der Waals surface area contributed by atoms with E-state index in [9.17, 15) is 9.59 Å². The molecule has 21 heavy (non-hydrogen) atoms. The van der Waals surface area contributed by atoms with Crippen molar-refractivity contribution in [3.8, 4) is 0 Å². The van der Waals surface area contributed by atoms with E-state index in [0.717, 1.165) is 5.01 Å².